The Bertz CT molecular complexity index is 728. The third-order valence-corrected chi connectivity index (χ3v) is 4.57. The summed E-state index contributed by atoms with van der Waals surface area (Å²) in [4.78, 5) is 0.760. The van der Waals surface area contributed by atoms with Crippen LogP contribution in [0.15, 0.2) is 16.6 Å². The maximum absolute atomic E-state index is 11.6. The van der Waals surface area contributed by atoms with Crippen LogP contribution in [0.4, 0.5) is 0 Å². The highest BCUT2D eigenvalue weighted by Crippen LogP contribution is 2.34. The van der Waals surface area contributed by atoms with E-state index in [9.17, 15) is 8.42 Å². The number of halogens is 1. The van der Waals surface area contributed by atoms with Crippen molar-refractivity contribution >= 4 is 31.1 Å². The molecule has 0 saturated heterocycles. The van der Waals surface area contributed by atoms with E-state index >= 15 is 0 Å². The third kappa shape index (κ3) is 2.82. The van der Waals surface area contributed by atoms with E-state index in [0.717, 1.165) is 4.88 Å². The fourth-order valence-corrected chi connectivity index (χ4v) is 3.58. The number of hydrogen-bond donors (Lipinski definition) is 0. The van der Waals surface area contributed by atoms with Crippen molar-refractivity contribution in [3.63, 3.8) is 0 Å². The molecule has 0 bridgehead atoms. The predicted octanol–water partition coefficient (Wildman–Crippen LogP) is 2.70. The van der Waals surface area contributed by atoms with Gasteiger partial charge in [-0.1, -0.05) is 0 Å². The van der Waals surface area contributed by atoms with E-state index in [-0.39, 0.29) is 5.16 Å². The molecule has 0 radical (unpaired) electrons. The Hall–Kier alpha value is -1.12. The summed E-state index contributed by atoms with van der Waals surface area (Å²) in [5.41, 5.74) is -0.534. The van der Waals surface area contributed by atoms with Crippen LogP contribution in [0.3, 0.4) is 0 Å². The van der Waals surface area contributed by atoms with E-state index in [1.165, 1.54) is 15.9 Å². The van der Waals surface area contributed by atoms with Crippen LogP contribution in [-0.4, -0.2) is 30.3 Å². The van der Waals surface area contributed by atoms with Crippen molar-refractivity contribution in [3.8, 4) is 16.5 Å². The first-order valence-electron chi connectivity index (χ1n) is 5.68. The van der Waals surface area contributed by atoms with Crippen LogP contribution in [0.2, 0.25) is 0 Å². The number of ether oxygens (including phenoxy) is 1. The molecule has 0 aromatic carbocycles. The Morgan fingerprint density at radius 2 is 2.00 bits per heavy atom. The number of nitrogens with zero attached hydrogens (tertiary/aromatic N) is 3. The van der Waals surface area contributed by atoms with E-state index < -0.39 is 14.6 Å². The van der Waals surface area contributed by atoms with Gasteiger partial charge >= 0.3 is 0 Å². The molecule has 0 fully saturated rings. The Kier molecular flexibility index (Phi) is 3.83. The lowest BCUT2D eigenvalue weighted by Gasteiger charge is -2.23. The molecule has 0 N–H and O–H groups in total. The maximum atomic E-state index is 11.6. The molecule has 2 heterocycles. The zero-order valence-electron chi connectivity index (χ0n) is 11.4. The molecular formula is C11H14ClN3O3S2. The normalized spacial score (nSPS) is 12.7. The lowest BCUT2D eigenvalue weighted by atomic mass is 10.1. The highest BCUT2D eigenvalue weighted by Gasteiger charge is 2.30. The summed E-state index contributed by atoms with van der Waals surface area (Å²) in [6, 6.07) is 1.78. The summed E-state index contributed by atoms with van der Waals surface area (Å²) in [6.45, 7) is 5.57. The molecule has 0 saturated carbocycles. The molecule has 20 heavy (non-hydrogen) atoms. The standard InChI is InChI=1S/C11H14ClN3O3S2/c1-11(2,3)15-9(8-5-7(18-4)6-19-8)13-14-10(15)20(12,16)17/h5-6H,1-4H3. The van der Waals surface area contributed by atoms with Crippen LogP contribution >= 0.6 is 22.0 Å². The fourth-order valence-electron chi connectivity index (χ4n) is 1.74. The molecule has 2 rings (SSSR count). The molecule has 0 spiro atoms. The van der Waals surface area contributed by atoms with E-state index in [2.05, 4.69) is 10.2 Å². The number of hydrogen-bond acceptors (Lipinski definition) is 6. The van der Waals surface area contributed by atoms with Gasteiger partial charge in [0.25, 0.3) is 14.2 Å². The Labute approximate surface area is 125 Å². The molecule has 0 aliphatic carbocycles. The molecule has 9 heteroatoms. The van der Waals surface area contributed by atoms with E-state index in [4.69, 9.17) is 15.4 Å². The van der Waals surface area contributed by atoms with Gasteiger partial charge in [0.2, 0.25) is 0 Å². The molecule has 2 aromatic heterocycles. The van der Waals surface area contributed by atoms with Crippen molar-refractivity contribution in [3.05, 3.63) is 11.4 Å². The second-order valence-corrected chi connectivity index (χ2v) is 8.47. The quantitative estimate of drug-likeness (QED) is 0.806. The molecule has 0 amide bonds. The highest BCUT2D eigenvalue weighted by molar-refractivity contribution is 8.13. The molecule has 110 valence electrons. The highest BCUT2D eigenvalue weighted by atomic mass is 35.7. The van der Waals surface area contributed by atoms with Gasteiger partial charge in [-0.05, 0) is 20.8 Å². The maximum Gasteiger partial charge on any atom is 0.296 e. The van der Waals surface area contributed by atoms with Crippen molar-refractivity contribution in [2.24, 2.45) is 0 Å². The number of rotatable bonds is 3. The SMILES string of the molecule is COc1csc(-c2nnc(S(=O)(=O)Cl)n2C(C)(C)C)c1. The van der Waals surface area contributed by atoms with Crippen LogP contribution in [0.1, 0.15) is 20.8 Å². The molecule has 0 atom stereocenters. The van der Waals surface area contributed by atoms with Gasteiger partial charge < -0.3 is 4.74 Å². The third-order valence-electron chi connectivity index (χ3n) is 2.55. The van der Waals surface area contributed by atoms with Crippen molar-refractivity contribution in [2.45, 2.75) is 31.5 Å². The van der Waals surface area contributed by atoms with Crippen LogP contribution in [0.5, 0.6) is 5.75 Å². The van der Waals surface area contributed by atoms with Crippen molar-refractivity contribution in [2.75, 3.05) is 7.11 Å². The summed E-state index contributed by atoms with van der Waals surface area (Å²) < 4.78 is 29.9. The van der Waals surface area contributed by atoms with Crippen LogP contribution in [-0.2, 0) is 14.6 Å². The van der Waals surface area contributed by atoms with Gasteiger partial charge in [-0.15, -0.1) is 21.5 Å². The van der Waals surface area contributed by atoms with Gasteiger partial charge in [-0.2, -0.15) is 0 Å². The fraction of sp³-hybridized carbons (Fsp3) is 0.455. The second-order valence-electron chi connectivity index (χ2n) is 5.10. The Balaban J connectivity index is 2.69. The van der Waals surface area contributed by atoms with Gasteiger partial charge in [0.1, 0.15) is 5.75 Å². The first-order valence-corrected chi connectivity index (χ1v) is 8.87. The first kappa shape index (κ1) is 15.3. The van der Waals surface area contributed by atoms with E-state index in [0.29, 0.717) is 11.6 Å². The zero-order valence-corrected chi connectivity index (χ0v) is 13.8. The van der Waals surface area contributed by atoms with Crippen LogP contribution in [0.25, 0.3) is 10.7 Å². The summed E-state index contributed by atoms with van der Waals surface area (Å²) in [5, 5.41) is 9.25. The Morgan fingerprint density at radius 1 is 1.35 bits per heavy atom. The van der Waals surface area contributed by atoms with Gasteiger partial charge in [-0.3, -0.25) is 4.57 Å². The minimum Gasteiger partial charge on any atom is -0.496 e. The van der Waals surface area contributed by atoms with Crippen molar-refractivity contribution < 1.29 is 13.2 Å². The van der Waals surface area contributed by atoms with Gasteiger partial charge in [0, 0.05) is 27.7 Å². The smallest absolute Gasteiger partial charge is 0.296 e. The van der Waals surface area contributed by atoms with E-state index in [1.807, 2.05) is 26.2 Å². The van der Waals surface area contributed by atoms with E-state index in [1.54, 1.807) is 13.2 Å². The number of thiophene rings is 1. The molecular weight excluding hydrogens is 322 g/mol. The summed E-state index contributed by atoms with van der Waals surface area (Å²) in [6.07, 6.45) is 0. The monoisotopic (exact) mass is 335 g/mol. The van der Waals surface area contributed by atoms with Crippen LogP contribution in [0, 0.1) is 0 Å². The van der Waals surface area contributed by atoms with Crippen molar-refractivity contribution in [1.82, 2.24) is 14.8 Å². The zero-order chi connectivity index (χ0) is 15.1. The predicted molar refractivity (Wildman–Crippen MR) is 77.9 cm³/mol. The van der Waals surface area contributed by atoms with Gasteiger partial charge in [0.15, 0.2) is 5.82 Å². The number of aromatic nitrogens is 3. The van der Waals surface area contributed by atoms with Crippen LogP contribution < -0.4 is 4.74 Å². The minimum absolute atomic E-state index is 0.256. The lowest BCUT2D eigenvalue weighted by molar-refractivity contribution is 0.367. The average molecular weight is 336 g/mol. The topological polar surface area (TPSA) is 74.1 Å². The lowest BCUT2D eigenvalue weighted by Crippen LogP contribution is -2.25. The Morgan fingerprint density at radius 3 is 2.45 bits per heavy atom. The molecule has 0 aliphatic rings. The molecule has 0 aliphatic heterocycles. The summed E-state index contributed by atoms with van der Waals surface area (Å²) >= 11 is 1.40. The van der Waals surface area contributed by atoms with Crippen molar-refractivity contribution in [1.29, 1.82) is 0 Å². The first-order chi connectivity index (χ1) is 9.14. The molecule has 0 unspecified atom stereocenters. The minimum atomic E-state index is -3.97. The second kappa shape index (κ2) is 5.01. The summed E-state index contributed by atoms with van der Waals surface area (Å²) in [7, 11) is 3.03. The molecule has 2 aromatic rings. The largest absolute Gasteiger partial charge is 0.496 e. The van der Waals surface area contributed by atoms with Gasteiger partial charge in [0.05, 0.1) is 12.0 Å². The van der Waals surface area contributed by atoms with Gasteiger partial charge in [-0.25, -0.2) is 8.42 Å². The number of methoxy groups -OCH3 is 1. The average Bonchev–Trinajstić information content (AvgIpc) is 2.93. The molecule has 6 nitrogen and oxygen atoms in total. The summed E-state index contributed by atoms with van der Waals surface area (Å²) in [5.74, 6) is 1.13.